The third-order valence-corrected chi connectivity index (χ3v) is 2.95. The first-order chi connectivity index (χ1) is 8.22. The number of ether oxygens (including phenoxy) is 1. The molecule has 2 heterocycles. The maximum atomic E-state index is 8.90. The van der Waals surface area contributed by atoms with Crippen molar-refractivity contribution in [3.63, 3.8) is 0 Å². The molecule has 5 heteroatoms. The van der Waals surface area contributed by atoms with E-state index < -0.39 is 0 Å². The number of hydrogen-bond acceptors (Lipinski definition) is 5. The summed E-state index contributed by atoms with van der Waals surface area (Å²) in [4.78, 5) is 10.7. The number of rotatable bonds is 2. The van der Waals surface area contributed by atoms with Gasteiger partial charge in [-0.25, -0.2) is 9.97 Å². The van der Waals surface area contributed by atoms with E-state index in [4.69, 9.17) is 10.00 Å². The second-order valence-electron chi connectivity index (χ2n) is 4.25. The van der Waals surface area contributed by atoms with Crippen LogP contribution in [0.4, 0.5) is 5.95 Å². The lowest BCUT2D eigenvalue weighted by Gasteiger charge is -2.31. The van der Waals surface area contributed by atoms with E-state index in [0.717, 1.165) is 31.6 Å². The smallest absolute Gasteiger partial charge is 0.226 e. The van der Waals surface area contributed by atoms with E-state index in [1.165, 1.54) is 0 Å². The Morgan fingerprint density at radius 1 is 1.53 bits per heavy atom. The Balaban J connectivity index is 2.21. The summed E-state index contributed by atoms with van der Waals surface area (Å²) < 4.78 is 5.37. The van der Waals surface area contributed by atoms with Crippen molar-refractivity contribution in [2.24, 2.45) is 0 Å². The molecule has 0 amide bonds. The quantitative estimate of drug-likeness (QED) is 0.768. The summed E-state index contributed by atoms with van der Waals surface area (Å²) in [6.07, 6.45) is 2.38. The minimum Gasteiger partial charge on any atom is -0.380 e. The molecule has 90 valence electrons. The van der Waals surface area contributed by atoms with Crippen LogP contribution in [0.15, 0.2) is 6.07 Å². The molecule has 17 heavy (non-hydrogen) atoms. The molecule has 1 unspecified atom stereocenters. The Hall–Kier alpha value is -1.67. The topological polar surface area (TPSA) is 62.0 Å². The molecular weight excluding hydrogens is 216 g/mol. The zero-order valence-electron chi connectivity index (χ0n) is 10.2. The minimum absolute atomic E-state index is 0.235. The molecule has 1 saturated heterocycles. The molecule has 2 rings (SSSR count). The summed E-state index contributed by atoms with van der Waals surface area (Å²) in [7, 11) is 1.73. The van der Waals surface area contributed by atoms with E-state index in [9.17, 15) is 0 Å². The molecule has 0 N–H and O–H groups in total. The number of aromatic nitrogens is 2. The number of hydrogen-bond donors (Lipinski definition) is 0. The van der Waals surface area contributed by atoms with Crippen LogP contribution in [0.2, 0.25) is 0 Å². The van der Waals surface area contributed by atoms with Crippen molar-refractivity contribution in [3.05, 3.63) is 17.5 Å². The van der Waals surface area contributed by atoms with Crippen LogP contribution >= 0.6 is 0 Å². The molecule has 0 saturated carbocycles. The highest BCUT2D eigenvalue weighted by atomic mass is 16.5. The number of piperidine rings is 1. The summed E-state index contributed by atoms with van der Waals surface area (Å²) >= 11 is 0. The van der Waals surface area contributed by atoms with Crippen LogP contribution < -0.4 is 4.90 Å². The first kappa shape index (κ1) is 11.8. The molecule has 0 radical (unpaired) electrons. The van der Waals surface area contributed by atoms with Gasteiger partial charge in [0.25, 0.3) is 0 Å². The highest BCUT2D eigenvalue weighted by Crippen LogP contribution is 2.18. The van der Waals surface area contributed by atoms with Gasteiger partial charge in [0, 0.05) is 25.9 Å². The van der Waals surface area contributed by atoms with Gasteiger partial charge in [0.05, 0.1) is 6.10 Å². The van der Waals surface area contributed by atoms with Gasteiger partial charge in [0.15, 0.2) is 0 Å². The van der Waals surface area contributed by atoms with Gasteiger partial charge >= 0.3 is 0 Å². The standard InChI is InChI=1S/C12H16N4O/c1-9-6-10(7-13)15-12(14-9)16-5-3-4-11(8-16)17-2/h6,11H,3-5,8H2,1-2H3. The first-order valence-electron chi connectivity index (χ1n) is 5.76. The Morgan fingerprint density at radius 2 is 2.35 bits per heavy atom. The lowest BCUT2D eigenvalue weighted by atomic mass is 10.1. The lowest BCUT2D eigenvalue weighted by molar-refractivity contribution is 0.0889. The van der Waals surface area contributed by atoms with Gasteiger partial charge in [-0.1, -0.05) is 0 Å². The monoisotopic (exact) mass is 232 g/mol. The van der Waals surface area contributed by atoms with E-state index in [2.05, 4.69) is 20.9 Å². The SMILES string of the molecule is COC1CCCN(c2nc(C)cc(C#N)n2)C1. The minimum atomic E-state index is 0.235. The summed E-state index contributed by atoms with van der Waals surface area (Å²) in [5.41, 5.74) is 1.25. The van der Waals surface area contributed by atoms with Gasteiger partial charge in [-0.05, 0) is 25.8 Å². The van der Waals surface area contributed by atoms with Crippen LogP contribution in [0.1, 0.15) is 24.2 Å². The second kappa shape index (κ2) is 5.11. The Labute approximate surface area is 101 Å². The maximum Gasteiger partial charge on any atom is 0.226 e. The number of aryl methyl sites for hydroxylation is 1. The van der Waals surface area contributed by atoms with Gasteiger partial charge in [0.1, 0.15) is 11.8 Å². The van der Waals surface area contributed by atoms with Crippen LogP contribution in [0.25, 0.3) is 0 Å². The number of methoxy groups -OCH3 is 1. The van der Waals surface area contributed by atoms with Crippen molar-refractivity contribution < 1.29 is 4.74 Å². The van der Waals surface area contributed by atoms with Crippen molar-refractivity contribution in [1.82, 2.24) is 9.97 Å². The lowest BCUT2D eigenvalue weighted by Crippen LogP contribution is -2.40. The van der Waals surface area contributed by atoms with E-state index >= 15 is 0 Å². The van der Waals surface area contributed by atoms with Gasteiger partial charge in [0.2, 0.25) is 5.95 Å². The third kappa shape index (κ3) is 2.71. The fraction of sp³-hybridized carbons (Fsp3) is 0.583. The fourth-order valence-corrected chi connectivity index (χ4v) is 2.06. The van der Waals surface area contributed by atoms with Gasteiger partial charge in [-0.3, -0.25) is 0 Å². The zero-order chi connectivity index (χ0) is 12.3. The largest absolute Gasteiger partial charge is 0.380 e. The highest BCUT2D eigenvalue weighted by molar-refractivity contribution is 5.36. The zero-order valence-corrected chi connectivity index (χ0v) is 10.2. The summed E-state index contributed by atoms with van der Waals surface area (Å²) in [5, 5.41) is 8.90. The number of anilines is 1. The molecule has 1 fully saturated rings. The van der Waals surface area contributed by atoms with Crippen LogP contribution in [-0.2, 0) is 4.74 Å². The van der Waals surface area contributed by atoms with Gasteiger partial charge < -0.3 is 9.64 Å². The van der Waals surface area contributed by atoms with E-state index in [-0.39, 0.29) is 6.10 Å². The molecule has 5 nitrogen and oxygen atoms in total. The Morgan fingerprint density at radius 3 is 3.06 bits per heavy atom. The molecule has 0 aliphatic carbocycles. The Kier molecular flexibility index (Phi) is 3.55. The molecule has 1 aliphatic heterocycles. The molecule has 1 aromatic heterocycles. The fourth-order valence-electron chi connectivity index (χ4n) is 2.06. The molecule has 0 spiro atoms. The maximum absolute atomic E-state index is 8.90. The van der Waals surface area contributed by atoms with E-state index in [1.807, 2.05) is 6.92 Å². The van der Waals surface area contributed by atoms with Crippen molar-refractivity contribution in [1.29, 1.82) is 5.26 Å². The Bertz CT molecular complexity index is 441. The average molecular weight is 232 g/mol. The summed E-state index contributed by atoms with van der Waals surface area (Å²) in [6, 6.07) is 3.76. The van der Waals surface area contributed by atoms with Crippen LogP contribution in [0, 0.1) is 18.3 Å². The van der Waals surface area contributed by atoms with E-state index in [0.29, 0.717) is 11.6 Å². The predicted molar refractivity (Wildman–Crippen MR) is 63.7 cm³/mol. The van der Waals surface area contributed by atoms with Crippen molar-refractivity contribution >= 4 is 5.95 Å². The molecule has 1 aliphatic rings. The van der Waals surface area contributed by atoms with Crippen LogP contribution in [0.5, 0.6) is 0 Å². The molecule has 1 aromatic rings. The van der Waals surface area contributed by atoms with Gasteiger partial charge in [-0.2, -0.15) is 5.26 Å². The predicted octanol–water partition coefficient (Wildman–Crippen LogP) is 1.27. The van der Waals surface area contributed by atoms with Crippen molar-refractivity contribution in [3.8, 4) is 6.07 Å². The average Bonchev–Trinajstić information content (AvgIpc) is 2.38. The molecule has 1 atom stereocenters. The second-order valence-corrected chi connectivity index (χ2v) is 4.25. The number of nitriles is 1. The van der Waals surface area contributed by atoms with Crippen molar-refractivity contribution in [2.45, 2.75) is 25.9 Å². The first-order valence-corrected chi connectivity index (χ1v) is 5.76. The van der Waals surface area contributed by atoms with Gasteiger partial charge in [-0.15, -0.1) is 0 Å². The molecule has 0 bridgehead atoms. The molecular formula is C12H16N4O. The summed E-state index contributed by atoms with van der Waals surface area (Å²) in [6.45, 7) is 3.60. The van der Waals surface area contributed by atoms with E-state index in [1.54, 1.807) is 13.2 Å². The molecule has 0 aromatic carbocycles. The normalized spacial score (nSPS) is 20.1. The van der Waals surface area contributed by atoms with Crippen LogP contribution in [-0.4, -0.2) is 36.3 Å². The summed E-state index contributed by atoms with van der Waals surface area (Å²) in [5.74, 6) is 0.642. The van der Waals surface area contributed by atoms with Crippen molar-refractivity contribution in [2.75, 3.05) is 25.1 Å². The van der Waals surface area contributed by atoms with Crippen LogP contribution in [0.3, 0.4) is 0 Å². The number of nitrogens with zero attached hydrogens (tertiary/aromatic N) is 4. The highest BCUT2D eigenvalue weighted by Gasteiger charge is 2.21. The third-order valence-electron chi connectivity index (χ3n) is 2.95.